The molecule has 4 rings (SSSR count). The lowest BCUT2D eigenvalue weighted by Gasteiger charge is -2.34. The van der Waals surface area contributed by atoms with Gasteiger partial charge in [0.2, 0.25) is 11.8 Å². The van der Waals surface area contributed by atoms with Gasteiger partial charge in [0.25, 0.3) is 10.0 Å². The van der Waals surface area contributed by atoms with Crippen LogP contribution < -0.4 is 9.62 Å². The molecule has 0 unspecified atom stereocenters. The van der Waals surface area contributed by atoms with E-state index in [9.17, 15) is 18.0 Å². The lowest BCUT2D eigenvalue weighted by atomic mass is 10.0. The van der Waals surface area contributed by atoms with Gasteiger partial charge in [-0.25, -0.2) is 8.42 Å². The Labute approximate surface area is 267 Å². The SMILES string of the molecule is CCNC(=O)[C@@H](Cc1ccccc1)N(Cc1c(Cl)cccc1Cl)C(=O)CN(c1cccc(Cl)c1)S(=O)(=O)c1ccccc1. The van der Waals surface area contributed by atoms with E-state index in [2.05, 4.69) is 5.32 Å². The number of rotatable bonds is 12. The van der Waals surface area contributed by atoms with Gasteiger partial charge in [0, 0.05) is 40.1 Å². The van der Waals surface area contributed by atoms with Crippen LogP contribution in [-0.2, 0) is 32.6 Å². The third-order valence-corrected chi connectivity index (χ3v) is 9.45. The number of carbonyl (C=O) groups excluding carboxylic acids is 2. The van der Waals surface area contributed by atoms with Crippen LogP contribution in [0.4, 0.5) is 5.69 Å². The van der Waals surface area contributed by atoms with E-state index < -0.39 is 34.4 Å². The van der Waals surface area contributed by atoms with Crippen molar-refractivity contribution in [2.75, 3.05) is 17.4 Å². The molecule has 0 fully saturated rings. The van der Waals surface area contributed by atoms with Crippen molar-refractivity contribution in [1.82, 2.24) is 10.2 Å². The Hall–Kier alpha value is -3.56. The maximum absolute atomic E-state index is 14.4. The summed E-state index contributed by atoms with van der Waals surface area (Å²) in [7, 11) is -4.23. The molecule has 1 N–H and O–H groups in total. The van der Waals surface area contributed by atoms with Gasteiger partial charge in [-0.05, 0) is 55.0 Å². The minimum Gasteiger partial charge on any atom is -0.355 e. The molecule has 11 heteroatoms. The van der Waals surface area contributed by atoms with Crippen molar-refractivity contribution in [2.45, 2.75) is 30.8 Å². The number of carbonyl (C=O) groups is 2. The van der Waals surface area contributed by atoms with Crippen LogP contribution >= 0.6 is 34.8 Å². The van der Waals surface area contributed by atoms with E-state index in [0.717, 1.165) is 9.87 Å². The summed E-state index contributed by atoms with van der Waals surface area (Å²) in [6.45, 7) is 1.35. The first-order valence-electron chi connectivity index (χ1n) is 13.5. The zero-order valence-electron chi connectivity index (χ0n) is 23.3. The second-order valence-corrected chi connectivity index (χ2v) is 12.7. The van der Waals surface area contributed by atoms with Gasteiger partial charge in [0.05, 0.1) is 10.6 Å². The van der Waals surface area contributed by atoms with Gasteiger partial charge in [0.15, 0.2) is 0 Å². The summed E-state index contributed by atoms with van der Waals surface area (Å²) < 4.78 is 28.9. The van der Waals surface area contributed by atoms with E-state index in [1.807, 2.05) is 30.3 Å². The summed E-state index contributed by atoms with van der Waals surface area (Å²) in [6.07, 6.45) is 0.170. The second kappa shape index (κ2) is 14.8. The van der Waals surface area contributed by atoms with E-state index in [1.54, 1.807) is 61.5 Å². The first-order chi connectivity index (χ1) is 20.6. The Bertz CT molecular complexity index is 1650. The smallest absolute Gasteiger partial charge is 0.264 e. The average molecular weight is 659 g/mol. The van der Waals surface area contributed by atoms with Crippen molar-refractivity contribution in [3.05, 3.63) is 129 Å². The van der Waals surface area contributed by atoms with Crippen LogP contribution in [0.3, 0.4) is 0 Å². The molecular formula is C32H30Cl3N3O4S. The molecule has 4 aromatic rings. The standard InChI is InChI=1S/C32H30Cl3N3O4S/c1-2-36-32(40)30(19-23-11-5-3-6-12-23)37(21-27-28(34)17-10-18-29(27)35)31(39)22-38(25-14-9-13-24(33)20-25)43(41,42)26-15-7-4-8-16-26/h3-18,20,30H,2,19,21-22H2,1H3,(H,36,40)/t30-/m1/s1. The average Bonchev–Trinajstić information content (AvgIpc) is 3.00. The third-order valence-electron chi connectivity index (χ3n) is 6.72. The number of hydrogen-bond donors (Lipinski definition) is 1. The summed E-state index contributed by atoms with van der Waals surface area (Å²) in [5, 5.41) is 3.73. The third kappa shape index (κ3) is 8.09. The second-order valence-electron chi connectivity index (χ2n) is 9.63. The Morgan fingerprint density at radius 3 is 2.02 bits per heavy atom. The maximum atomic E-state index is 14.4. The predicted molar refractivity (Wildman–Crippen MR) is 172 cm³/mol. The van der Waals surface area contributed by atoms with Gasteiger partial charge in [-0.1, -0.05) is 95.5 Å². The Kier molecular flexibility index (Phi) is 11.1. The van der Waals surface area contributed by atoms with Crippen molar-refractivity contribution in [3.63, 3.8) is 0 Å². The van der Waals surface area contributed by atoms with Crippen molar-refractivity contribution in [1.29, 1.82) is 0 Å². The summed E-state index contributed by atoms with van der Waals surface area (Å²) in [6, 6.07) is 27.2. The van der Waals surface area contributed by atoms with E-state index in [1.165, 1.54) is 23.1 Å². The number of nitrogens with zero attached hydrogens (tertiary/aromatic N) is 2. The molecule has 0 heterocycles. The monoisotopic (exact) mass is 657 g/mol. The van der Waals surface area contributed by atoms with Gasteiger partial charge < -0.3 is 10.2 Å². The van der Waals surface area contributed by atoms with Crippen LogP contribution in [0.15, 0.2) is 108 Å². The Balaban J connectivity index is 1.82. The number of anilines is 1. The van der Waals surface area contributed by atoms with Crippen LogP contribution in [0.1, 0.15) is 18.1 Å². The highest BCUT2D eigenvalue weighted by Crippen LogP contribution is 2.29. The molecule has 0 radical (unpaired) electrons. The van der Waals surface area contributed by atoms with Crippen LogP contribution in [0.5, 0.6) is 0 Å². The molecule has 0 aliphatic rings. The zero-order valence-corrected chi connectivity index (χ0v) is 26.4. The molecule has 2 amide bonds. The topological polar surface area (TPSA) is 86.8 Å². The number of benzene rings is 4. The summed E-state index contributed by atoms with van der Waals surface area (Å²) >= 11 is 19.3. The molecule has 1 atom stereocenters. The van der Waals surface area contributed by atoms with Gasteiger partial charge in [-0.3, -0.25) is 13.9 Å². The first kappa shape index (κ1) is 32.4. The van der Waals surface area contributed by atoms with E-state index in [0.29, 0.717) is 27.2 Å². The quantitative estimate of drug-likeness (QED) is 0.185. The van der Waals surface area contributed by atoms with Crippen LogP contribution in [0.2, 0.25) is 15.1 Å². The van der Waals surface area contributed by atoms with Gasteiger partial charge in [-0.2, -0.15) is 0 Å². The van der Waals surface area contributed by atoms with E-state index in [4.69, 9.17) is 34.8 Å². The molecule has 0 saturated carbocycles. The predicted octanol–water partition coefficient (Wildman–Crippen LogP) is 6.62. The molecule has 0 aromatic heterocycles. The first-order valence-corrected chi connectivity index (χ1v) is 16.1. The fourth-order valence-electron chi connectivity index (χ4n) is 4.58. The molecule has 0 saturated heterocycles. The number of hydrogen-bond acceptors (Lipinski definition) is 4. The van der Waals surface area contributed by atoms with Gasteiger partial charge >= 0.3 is 0 Å². The molecule has 224 valence electrons. The maximum Gasteiger partial charge on any atom is 0.264 e. The summed E-state index contributed by atoms with van der Waals surface area (Å²) in [4.78, 5) is 29.3. The van der Waals surface area contributed by atoms with Crippen molar-refractivity contribution >= 4 is 62.3 Å². The largest absolute Gasteiger partial charge is 0.355 e. The van der Waals surface area contributed by atoms with Crippen molar-refractivity contribution in [3.8, 4) is 0 Å². The van der Waals surface area contributed by atoms with Crippen LogP contribution in [-0.4, -0.2) is 44.3 Å². The molecular weight excluding hydrogens is 629 g/mol. The highest BCUT2D eigenvalue weighted by Gasteiger charge is 2.35. The molecule has 0 spiro atoms. The lowest BCUT2D eigenvalue weighted by molar-refractivity contribution is -0.140. The Morgan fingerprint density at radius 2 is 1.42 bits per heavy atom. The fourth-order valence-corrected chi connectivity index (χ4v) is 6.71. The Morgan fingerprint density at radius 1 is 0.814 bits per heavy atom. The van der Waals surface area contributed by atoms with Crippen LogP contribution in [0.25, 0.3) is 0 Å². The van der Waals surface area contributed by atoms with Crippen molar-refractivity contribution < 1.29 is 18.0 Å². The molecule has 7 nitrogen and oxygen atoms in total. The number of nitrogens with one attached hydrogen (secondary N) is 1. The summed E-state index contributed by atoms with van der Waals surface area (Å²) in [5.41, 5.74) is 1.44. The number of amides is 2. The molecule has 0 aliphatic heterocycles. The molecule has 0 aliphatic carbocycles. The lowest BCUT2D eigenvalue weighted by Crippen LogP contribution is -2.53. The van der Waals surface area contributed by atoms with Gasteiger partial charge in [0.1, 0.15) is 12.6 Å². The minimum absolute atomic E-state index is 0.00645. The molecule has 43 heavy (non-hydrogen) atoms. The molecule has 4 aromatic carbocycles. The van der Waals surface area contributed by atoms with E-state index in [-0.39, 0.29) is 23.5 Å². The van der Waals surface area contributed by atoms with Crippen molar-refractivity contribution in [2.24, 2.45) is 0 Å². The highest BCUT2D eigenvalue weighted by atomic mass is 35.5. The number of sulfonamides is 1. The number of halogens is 3. The van der Waals surface area contributed by atoms with E-state index >= 15 is 0 Å². The normalized spacial score (nSPS) is 11.9. The fraction of sp³-hybridized carbons (Fsp3) is 0.188. The summed E-state index contributed by atoms with van der Waals surface area (Å²) in [5.74, 6) is -1.04. The zero-order chi connectivity index (χ0) is 31.0. The highest BCUT2D eigenvalue weighted by molar-refractivity contribution is 7.92. The minimum atomic E-state index is -4.23. The van der Waals surface area contributed by atoms with Crippen LogP contribution in [0, 0.1) is 0 Å². The molecule has 0 bridgehead atoms. The van der Waals surface area contributed by atoms with Gasteiger partial charge in [-0.15, -0.1) is 0 Å². The number of likely N-dealkylation sites (N-methyl/N-ethyl adjacent to an activating group) is 1.